The molecule has 0 fully saturated rings. The Morgan fingerprint density at radius 1 is 1.32 bits per heavy atom. The summed E-state index contributed by atoms with van der Waals surface area (Å²) in [6.45, 7) is 6.78. The highest BCUT2D eigenvalue weighted by Crippen LogP contribution is 2.14. The topological polar surface area (TPSA) is 45.5 Å². The number of aryl methyl sites for hydroxylation is 1. The van der Waals surface area contributed by atoms with Crippen LogP contribution in [0.25, 0.3) is 11.0 Å². The number of hydrogen-bond acceptors (Lipinski definition) is 2. The summed E-state index contributed by atoms with van der Waals surface area (Å²) >= 11 is 0. The number of hydrogen-bond donors (Lipinski definition) is 1. The van der Waals surface area contributed by atoms with Crippen LogP contribution in [0, 0.1) is 0 Å². The molecule has 2 rings (SSSR count). The summed E-state index contributed by atoms with van der Waals surface area (Å²) < 4.78 is 2.12. The van der Waals surface area contributed by atoms with Gasteiger partial charge in [0.1, 0.15) is 12.4 Å². The fourth-order valence-electron chi connectivity index (χ4n) is 2.45. The van der Waals surface area contributed by atoms with Gasteiger partial charge in [0.2, 0.25) is 0 Å². The molecule has 0 radical (unpaired) electrons. The summed E-state index contributed by atoms with van der Waals surface area (Å²) in [4.78, 5) is 11.6. The van der Waals surface area contributed by atoms with Crippen LogP contribution in [0.3, 0.4) is 0 Å². The molecule has 1 aromatic carbocycles. The Morgan fingerprint density at radius 3 is 2.77 bits per heavy atom. The lowest BCUT2D eigenvalue weighted by atomic mass is 10.3. The number of benzene rings is 1. The highest BCUT2D eigenvalue weighted by atomic mass is 15.3. The van der Waals surface area contributed by atoms with Gasteiger partial charge < -0.3 is 14.8 Å². The zero-order valence-electron chi connectivity index (χ0n) is 14.1. The standard InChI is InChI=1S/C17H27N5/c1-5-7-12-21(3)17(18-6-2)19-13-16-20-14-10-8-9-11-15(14)22(16)4/h8-11H,5-7,12-13H2,1-4H3,(H,18,19). The first-order chi connectivity index (χ1) is 10.7. The molecule has 0 saturated heterocycles. The molecule has 0 saturated carbocycles. The van der Waals surface area contributed by atoms with E-state index in [1.54, 1.807) is 0 Å². The highest BCUT2D eigenvalue weighted by Gasteiger charge is 2.08. The molecule has 0 aliphatic rings. The zero-order valence-corrected chi connectivity index (χ0v) is 14.1. The van der Waals surface area contributed by atoms with Gasteiger partial charge in [0.05, 0.1) is 11.0 Å². The number of para-hydroxylation sites is 2. The smallest absolute Gasteiger partial charge is 0.194 e. The van der Waals surface area contributed by atoms with Gasteiger partial charge in [-0.25, -0.2) is 9.98 Å². The van der Waals surface area contributed by atoms with Gasteiger partial charge >= 0.3 is 0 Å². The third-order valence-electron chi connectivity index (χ3n) is 3.79. The van der Waals surface area contributed by atoms with Crippen LogP contribution in [-0.2, 0) is 13.6 Å². The van der Waals surface area contributed by atoms with Gasteiger partial charge in [-0.15, -0.1) is 0 Å². The Balaban J connectivity index is 2.16. The molecule has 5 nitrogen and oxygen atoms in total. The van der Waals surface area contributed by atoms with Gasteiger partial charge in [0, 0.05) is 27.2 Å². The van der Waals surface area contributed by atoms with E-state index in [0.717, 1.165) is 35.9 Å². The van der Waals surface area contributed by atoms with E-state index in [-0.39, 0.29) is 0 Å². The molecular weight excluding hydrogens is 274 g/mol. The van der Waals surface area contributed by atoms with E-state index in [1.807, 2.05) is 25.2 Å². The molecule has 1 heterocycles. The Labute approximate surface area is 133 Å². The van der Waals surface area contributed by atoms with Gasteiger partial charge in [-0.05, 0) is 25.5 Å². The van der Waals surface area contributed by atoms with Crippen LogP contribution in [0.1, 0.15) is 32.5 Å². The zero-order chi connectivity index (χ0) is 15.9. The predicted molar refractivity (Wildman–Crippen MR) is 93.1 cm³/mol. The van der Waals surface area contributed by atoms with Crippen molar-refractivity contribution in [1.82, 2.24) is 19.8 Å². The highest BCUT2D eigenvalue weighted by molar-refractivity contribution is 5.80. The van der Waals surface area contributed by atoms with Crippen LogP contribution in [0.15, 0.2) is 29.3 Å². The predicted octanol–water partition coefficient (Wildman–Crippen LogP) is 2.77. The van der Waals surface area contributed by atoms with E-state index in [0.29, 0.717) is 6.54 Å². The fourth-order valence-corrected chi connectivity index (χ4v) is 2.45. The van der Waals surface area contributed by atoms with Gasteiger partial charge in [0.25, 0.3) is 0 Å². The van der Waals surface area contributed by atoms with E-state index in [2.05, 4.69) is 46.7 Å². The summed E-state index contributed by atoms with van der Waals surface area (Å²) in [7, 11) is 4.14. The first-order valence-corrected chi connectivity index (χ1v) is 8.07. The number of imidazole rings is 1. The number of rotatable bonds is 6. The van der Waals surface area contributed by atoms with Crippen molar-refractivity contribution in [1.29, 1.82) is 0 Å². The minimum absolute atomic E-state index is 0.587. The lowest BCUT2D eigenvalue weighted by Gasteiger charge is -2.21. The van der Waals surface area contributed by atoms with Gasteiger partial charge in [-0.3, -0.25) is 0 Å². The number of unbranched alkanes of at least 4 members (excludes halogenated alkanes) is 1. The first kappa shape index (κ1) is 16.3. The van der Waals surface area contributed by atoms with Gasteiger partial charge in [0.15, 0.2) is 5.96 Å². The number of nitrogens with zero attached hydrogens (tertiary/aromatic N) is 4. The Hall–Kier alpha value is -2.04. The minimum Gasteiger partial charge on any atom is -0.357 e. The molecule has 22 heavy (non-hydrogen) atoms. The third kappa shape index (κ3) is 3.78. The van der Waals surface area contributed by atoms with Crippen molar-refractivity contribution >= 4 is 17.0 Å². The van der Waals surface area contributed by atoms with E-state index >= 15 is 0 Å². The molecule has 0 amide bonds. The van der Waals surface area contributed by atoms with Gasteiger partial charge in [-0.1, -0.05) is 25.5 Å². The van der Waals surface area contributed by atoms with Crippen molar-refractivity contribution < 1.29 is 0 Å². The van der Waals surface area contributed by atoms with Crippen LogP contribution in [0.4, 0.5) is 0 Å². The third-order valence-corrected chi connectivity index (χ3v) is 3.79. The quantitative estimate of drug-likeness (QED) is 0.659. The number of fused-ring (bicyclic) bond motifs is 1. The second-order valence-electron chi connectivity index (χ2n) is 5.52. The molecule has 1 aromatic heterocycles. The summed E-state index contributed by atoms with van der Waals surface area (Å²) in [6, 6.07) is 8.19. The first-order valence-electron chi connectivity index (χ1n) is 8.07. The molecular formula is C17H27N5. The Kier molecular flexibility index (Phi) is 5.81. The maximum Gasteiger partial charge on any atom is 0.194 e. The SMILES string of the molecule is CCCCN(C)C(=NCc1nc2ccccc2n1C)NCC. The second-order valence-corrected chi connectivity index (χ2v) is 5.52. The van der Waals surface area contributed by atoms with Crippen molar-refractivity contribution in [2.75, 3.05) is 20.1 Å². The Morgan fingerprint density at radius 2 is 2.09 bits per heavy atom. The maximum absolute atomic E-state index is 4.74. The average Bonchev–Trinajstić information content (AvgIpc) is 2.86. The molecule has 1 N–H and O–H groups in total. The molecule has 5 heteroatoms. The summed E-state index contributed by atoms with van der Waals surface area (Å²) in [5, 5.41) is 3.35. The van der Waals surface area contributed by atoms with Crippen molar-refractivity contribution in [3.8, 4) is 0 Å². The molecule has 0 aliphatic heterocycles. The number of aromatic nitrogens is 2. The van der Waals surface area contributed by atoms with Crippen LogP contribution in [-0.4, -0.2) is 40.5 Å². The molecule has 0 atom stereocenters. The molecule has 2 aromatic rings. The van der Waals surface area contributed by atoms with Crippen molar-refractivity contribution in [3.63, 3.8) is 0 Å². The lowest BCUT2D eigenvalue weighted by Crippen LogP contribution is -2.39. The molecule has 0 unspecified atom stereocenters. The van der Waals surface area contributed by atoms with Crippen LogP contribution in [0.2, 0.25) is 0 Å². The molecule has 0 bridgehead atoms. The molecule has 0 aliphatic carbocycles. The van der Waals surface area contributed by atoms with E-state index in [1.165, 1.54) is 12.8 Å². The second kappa shape index (κ2) is 7.82. The van der Waals surface area contributed by atoms with Crippen molar-refractivity contribution in [3.05, 3.63) is 30.1 Å². The summed E-state index contributed by atoms with van der Waals surface area (Å²) in [5.74, 6) is 1.93. The monoisotopic (exact) mass is 301 g/mol. The molecule has 120 valence electrons. The van der Waals surface area contributed by atoms with Crippen molar-refractivity contribution in [2.45, 2.75) is 33.2 Å². The lowest BCUT2D eigenvalue weighted by molar-refractivity contribution is 0.464. The van der Waals surface area contributed by atoms with E-state index < -0.39 is 0 Å². The normalized spacial score (nSPS) is 11.9. The molecule has 0 spiro atoms. The Bertz CT molecular complexity index is 629. The summed E-state index contributed by atoms with van der Waals surface area (Å²) in [6.07, 6.45) is 2.36. The van der Waals surface area contributed by atoms with Gasteiger partial charge in [-0.2, -0.15) is 0 Å². The van der Waals surface area contributed by atoms with Crippen LogP contribution < -0.4 is 5.32 Å². The van der Waals surface area contributed by atoms with E-state index in [4.69, 9.17) is 4.99 Å². The maximum atomic E-state index is 4.74. The van der Waals surface area contributed by atoms with E-state index in [9.17, 15) is 0 Å². The van der Waals surface area contributed by atoms with Crippen molar-refractivity contribution in [2.24, 2.45) is 12.0 Å². The number of nitrogens with one attached hydrogen (secondary N) is 1. The number of aliphatic imine (C=N–C) groups is 1. The largest absolute Gasteiger partial charge is 0.357 e. The van der Waals surface area contributed by atoms with Crippen LogP contribution >= 0.6 is 0 Å². The average molecular weight is 301 g/mol. The summed E-state index contributed by atoms with van der Waals surface area (Å²) in [5.41, 5.74) is 2.18. The fraction of sp³-hybridized carbons (Fsp3) is 0.529. The number of guanidine groups is 1. The van der Waals surface area contributed by atoms with Crippen LogP contribution in [0.5, 0.6) is 0 Å². The minimum atomic E-state index is 0.587.